The summed E-state index contributed by atoms with van der Waals surface area (Å²) in [5.74, 6) is 0.607. The smallest absolute Gasteiger partial charge is 0.314 e. The lowest BCUT2D eigenvalue weighted by atomic mass is 10.0. The van der Waals surface area contributed by atoms with E-state index >= 15 is 0 Å². The molecule has 2 nitrogen and oxygen atoms in total. The van der Waals surface area contributed by atoms with Crippen LogP contribution in [0.1, 0.15) is 13.8 Å². The van der Waals surface area contributed by atoms with Crippen molar-refractivity contribution < 1.29 is 13.2 Å². The molecule has 0 saturated carbocycles. The van der Waals surface area contributed by atoms with Crippen LogP contribution in [0.25, 0.3) is 0 Å². The van der Waals surface area contributed by atoms with Gasteiger partial charge in [-0.2, -0.15) is 13.2 Å². The Morgan fingerprint density at radius 3 is 2.69 bits per heavy atom. The third kappa shape index (κ3) is 4.93. The molecule has 16 heavy (non-hydrogen) atoms. The predicted molar refractivity (Wildman–Crippen MR) is 61.6 cm³/mol. The molecular formula is C10H19F3N2S. The number of alkyl halides is 3. The van der Waals surface area contributed by atoms with Crippen LogP contribution in [0, 0.1) is 5.92 Å². The van der Waals surface area contributed by atoms with Crippen LogP contribution < -0.4 is 5.32 Å². The van der Waals surface area contributed by atoms with Crippen molar-refractivity contribution in [3.63, 3.8) is 0 Å². The Labute approximate surface area is 98.9 Å². The highest BCUT2D eigenvalue weighted by Crippen LogP contribution is 2.30. The summed E-state index contributed by atoms with van der Waals surface area (Å²) in [7, 11) is 0. The van der Waals surface area contributed by atoms with Gasteiger partial charge >= 0.3 is 5.51 Å². The highest BCUT2D eigenvalue weighted by molar-refractivity contribution is 8.00. The first kappa shape index (κ1) is 14.1. The van der Waals surface area contributed by atoms with Crippen molar-refractivity contribution >= 4 is 11.8 Å². The molecule has 0 aromatic heterocycles. The summed E-state index contributed by atoms with van der Waals surface area (Å²) in [4.78, 5) is 2.17. The molecule has 0 spiro atoms. The number of halogens is 3. The summed E-state index contributed by atoms with van der Waals surface area (Å²) in [6, 6.07) is 0.364. The number of nitrogens with zero attached hydrogens (tertiary/aromatic N) is 1. The molecule has 1 unspecified atom stereocenters. The molecule has 0 amide bonds. The number of thioether (sulfide) groups is 1. The van der Waals surface area contributed by atoms with Crippen LogP contribution in [0.5, 0.6) is 0 Å². The Kier molecular flexibility index (Phi) is 5.40. The second kappa shape index (κ2) is 6.12. The predicted octanol–water partition coefficient (Wildman–Crippen LogP) is 2.17. The van der Waals surface area contributed by atoms with Crippen molar-refractivity contribution in [2.24, 2.45) is 5.92 Å². The van der Waals surface area contributed by atoms with Crippen molar-refractivity contribution in [1.29, 1.82) is 0 Å². The third-order valence-corrected chi connectivity index (χ3v) is 3.53. The van der Waals surface area contributed by atoms with Gasteiger partial charge in [-0.05, 0) is 17.7 Å². The van der Waals surface area contributed by atoms with E-state index in [1.54, 1.807) is 0 Å². The molecule has 1 saturated heterocycles. The first-order chi connectivity index (χ1) is 7.40. The zero-order valence-electron chi connectivity index (χ0n) is 9.68. The quantitative estimate of drug-likeness (QED) is 0.830. The summed E-state index contributed by atoms with van der Waals surface area (Å²) in [5.41, 5.74) is -4.10. The van der Waals surface area contributed by atoms with Crippen LogP contribution in [-0.2, 0) is 0 Å². The molecule has 0 radical (unpaired) electrons. The van der Waals surface area contributed by atoms with Crippen molar-refractivity contribution in [2.45, 2.75) is 25.4 Å². The molecule has 1 atom stereocenters. The minimum atomic E-state index is -4.10. The Morgan fingerprint density at radius 2 is 2.12 bits per heavy atom. The SMILES string of the molecule is CC(C)C1CNCCN1CCSC(F)(F)F. The van der Waals surface area contributed by atoms with E-state index in [1.165, 1.54) is 0 Å². The van der Waals surface area contributed by atoms with Gasteiger partial charge in [-0.1, -0.05) is 13.8 Å². The van der Waals surface area contributed by atoms with Crippen LogP contribution in [0.15, 0.2) is 0 Å². The lowest BCUT2D eigenvalue weighted by molar-refractivity contribution is -0.0329. The minimum absolute atomic E-state index is 0.0789. The lowest BCUT2D eigenvalue weighted by Crippen LogP contribution is -2.54. The van der Waals surface area contributed by atoms with Gasteiger partial charge in [0.15, 0.2) is 0 Å². The Morgan fingerprint density at radius 1 is 1.44 bits per heavy atom. The van der Waals surface area contributed by atoms with Crippen LogP contribution >= 0.6 is 11.8 Å². The second-order valence-electron chi connectivity index (χ2n) is 4.35. The largest absolute Gasteiger partial charge is 0.441 e. The molecule has 6 heteroatoms. The molecule has 96 valence electrons. The molecule has 0 bridgehead atoms. The Bertz CT molecular complexity index is 209. The molecule has 1 heterocycles. The van der Waals surface area contributed by atoms with Crippen molar-refractivity contribution in [3.8, 4) is 0 Å². The Balaban J connectivity index is 2.33. The second-order valence-corrected chi connectivity index (χ2v) is 5.51. The summed E-state index contributed by atoms with van der Waals surface area (Å²) in [5, 5.41) is 3.28. The van der Waals surface area contributed by atoms with Crippen molar-refractivity contribution in [3.05, 3.63) is 0 Å². The van der Waals surface area contributed by atoms with Crippen LogP contribution in [0.4, 0.5) is 13.2 Å². The molecule has 1 aliphatic rings. The number of piperazine rings is 1. The van der Waals surface area contributed by atoms with E-state index in [1.807, 2.05) is 0 Å². The number of hydrogen-bond donors (Lipinski definition) is 1. The van der Waals surface area contributed by atoms with E-state index < -0.39 is 5.51 Å². The molecular weight excluding hydrogens is 237 g/mol. The van der Waals surface area contributed by atoms with Gasteiger partial charge in [-0.25, -0.2) is 0 Å². The maximum atomic E-state index is 12.0. The summed E-state index contributed by atoms with van der Waals surface area (Å²) in [6.07, 6.45) is 0. The van der Waals surface area contributed by atoms with Crippen molar-refractivity contribution in [2.75, 3.05) is 31.9 Å². The summed E-state index contributed by atoms with van der Waals surface area (Å²) in [6.45, 7) is 7.35. The standard InChI is InChI=1S/C10H19F3N2S/c1-8(2)9-7-14-3-4-15(9)5-6-16-10(11,12)13/h8-9,14H,3-7H2,1-2H3. The average molecular weight is 256 g/mol. The van der Waals surface area contributed by atoms with Gasteiger partial charge in [0.1, 0.15) is 0 Å². The van der Waals surface area contributed by atoms with E-state index in [0.717, 1.165) is 19.6 Å². The number of nitrogens with one attached hydrogen (secondary N) is 1. The Hall–Kier alpha value is 0.0600. The minimum Gasteiger partial charge on any atom is -0.314 e. The first-order valence-electron chi connectivity index (χ1n) is 5.55. The first-order valence-corrected chi connectivity index (χ1v) is 6.54. The van der Waals surface area contributed by atoms with Gasteiger partial charge in [-0.15, -0.1) is 0 Å². The lowest BCUT2D eigenvalue weighted by Gasteiger charge is -2.38. The summed E-state index contributed by atoms with van der Waals surface area (Å²) >= 11 is 0.0789. The summed E-state index contributed by atoms with van der Waals surface area (Å²) < 4.78 is 36.0. The highest BCUT2D eigenvalue weighted by Gasteiger charge is 2.29. The third-order valence-electron chi connectivity index (χ3n) is 2.81. The molecule has 1 fully saturated rings. The van der Waals surface area contributed by atoms with E-state index in [2.05, 4.69) is 24.1 Å². The van der Waals surface area contributed by atoms with Gasteiger partial charge < -0.3 is 5.32 Å². The molecule has 0 aliphatic carbocycles. The molecule has 1 N–H and O–H groups in total. The van der Waals surface area contributed by atoms with Gasteiger partial charge in [0.2, 0.25) is 0 Å². The van der Waals surface area contributed by atoms with E-state index in [0.29, 0.717) is 18.5 Å². The molecule has 1 rings (SSSR count). The molecule has 0 aromatic rings. The maximum Gasteiger partial charge on any atom is 0.441 e. The fourth-order valence-corrected chi connectivity index (χ4v) is 2.54. The van der Waals surface area contributed by atoms with Gasteiger partial charge in [0, 0.05) is 38.0 Å². The average Bonchev–Trinajstić information content (AvgIpc) is 2.16. The molecule has 1 aliphatic heterocycles. The monoisotopic (exact) mass is 256 g/mol. The van der Waals surface area contributed by atoms with E-state index in [4.69, 9.17) is 0 Å². The normalized spacial score (nSPS) is 24.0. The van der Waals surface area contributed by atoms with Crippen molar-refractivity contribution in [1.82, 2.24) is 10.2 Å². The number of rotatable bonds is 4. The van der Waals surface area contributed by atoms with Crippen LogP contribution in [0.3, 0.4) is 0 Å². The van der Waals surface area contributed by atoms with Crippen LogP contribution in [-0.4, -0.2) is 48.4 Å². The zero-order chi connectivity index (χ0) is 12.2. The number of hydrogen-bond acceptors (Lipinski definition) is 3. The van der Waals surface area contributed by atoms with Gasteiger partial charge in [0.25, 0.3) is 0 Å². The zero-order valence-corrected chi connectivity index (χ0v) is 10.5. The fourth-order valence-electron chi connectivity index (χ4n) is 1.98. The topological polar surface area (TPSA) is 15.3 Å². The van der Waals surface area contributed by atoms with Gasteiger partial charge in [0.05, 0.1) is 0 Å². The maximum absolute atomic E-state index is 12.0. The fraction of sp³-hybridized carbons (Fsp3) is 1.00. The van der Waals surface area contributed by atoms with E-state index in [-0.39, 0.29) is 17.5 Å². The molecule has 0 aromatic carbocycles. The van der Waals surface area contributed by atoms with Gasteiger partial charge in [-0.3, -0.25) is 4.90 Å². The highest BCUT2D eigenvalue weighted by atomic mass is 32.2. The van der Waals surface area contributed by atoms with E-state index in [9.17, 15) is 13.2 Å². The van der Waals surface area contributed by atoms with Crippen LogP contribution in [0.2, 0.25) is 0 Å².